The van der Waals surface area contributed by atoms with Crippen LogP contribution in [0.4, 0.5) is 23.0 Å². The zero-order chi connectivity index (χ0) is 14.4. The summed E-state index contributed by atoms with van der Waals surface area (Å²) in [6, 6.07) is 3.94. The topological polar surface area (TPSA) is 40.5 Å². The molecule has 1 heterocycles. The number of anilines is 1. The molecule has 0 saturated heterocycles. The molecular formula is C11H7BrF3NO2S. The summed E-state index contributed by atoms with van der Waals surface area (Å²) in [6.45, 7) is 0. The third-order valence-corrected chi connectivity index (χ3v) is 4.21. The average Bonchev–Trinajstić information content (AvgIpc) is 2.68. The highest BCUT2D eigenvalue weighted by atomic mass is 79.9. The number of rotatable bonds is 1. The molecule has 0 fully saturated rings. The summed E-state index contributed by atoms with van der Waals surface area (Å²) < 4.78 is 39.1. The van der Waals surface area contributed by atoms with E-state index >= 15 is 0 Å². The van der Waals surface area contributed by atoms with E-state index in [0.717, 1.165) is 22.3 Å². The molecule has 3 nitrogen and oxygen atoms in total. The third kappa shape index (κ3) is 2.69. The quantitative estimate of drug-likeness (QED) is 0.800. The van der Waals surface area contributed by atoms with Crippen molar-refractivity contribution in [3.63, 3.8) is 0 Å². The van der Waals surface area contributed by atoms with Gasteiger partial charge >= 0.3 is 12.3 Å². The minimum absolute atomic E-state index is 0.0267. The molecule has 102 valence electrons. The molecule has 0 radical (unpaired) electrons. The number of fused-ring (bicyclic) bond motifs is 1. The summed E-state index contributed by atoms with van der Waals surface area (Å²) in [5.41, 5.74) is -0.771. The lowest BCUT2D eigenvalue weighted by Gasteiger charge is -2.09. The van der Waals surface area contributed by atoms with Gasteiger partial charge in [-0.15, -0.1) is 11.3 Å². The predicted octanol–water partition coefficient (Wildman–Crippen LogP) is 4.80. The van der Waals surface area contributed by atoms with Crippen molar-refractivity contribution < 1.29 is 23.1 Å². The molecule has 0 aliphatic rings. The Morgan fingerprint density at radius 2 is 2.00 bits per heavy atom. The van der Waals surface area contributed by atoms with E-state index in [1.54, 1.807) is 0 Å². The van der Waals surface area contributed by atoms with Gasteiger partial charge in [-0.1, -0.05) is 15.9 Å². The molecule has 0 spiro atoms. The van der Waals surface area contributed by atoms with Crippen LogP contribution in [0.15, 0.2) is 22.7 Å². The molecule has 1 N–H and O–H groups in total. The minimum atomic E-state index is -4.48. The van der Waals surface area contributed by atoms with Gasteiger partial charge in [0.05, 0.1) is 5.56 Å². The van der Waals surface area contributed by atoms with Gasteiger partial charge < -0.3 is 5.11 Å². The largest absolute Gasteiger partial charge is 0.465 e. The van der Waals surface area contributed by atoms with Crippen molar-refractivity contribution in [1.82, 2.24) is 0 Å². The maximum absolute atomic E-state index is 12.9. The van der Waals surface area contributed by atoms with Crippen LogP contribution >= 0.6 is 27.3 Å². The molecule has 2 aromatic rings. The molecular weight excluding hydrogens is 347 g/mol. The van der Waals surface area contributed by atoms with Gasteiger partial charge in [0.15, 0.2) is 0 Å². The average molecular weight is 354 g/mol. The minimum Gasteiger partial charge on any atom is -0.465 e. The van der Waals surface area contributed by atoms with Gasteiger partial charge in [-0.25, -0.2) is 4.79 Å². The summed E-state index contributed by atoms with van der Waals surface area (Å²) in [6.07, 6.45) is -5.70. The fourth-order valence-electron chi connectivity index (χ4n) is 1.57. The number of benzene rings is 1. The van der Waals surface area contributed by atoms with Gasteiger partial charge in [0.2, 0.25) is 0 Å². The van der Waals surface area contributed by atoms with Crippen LogP contribution in [-0.4, -0.2) is 18.2 Å². The standard InChI is InChI=1S/C11H7BrF3NO2S/c1-16(10(17)18)8-3-5-2-6(12)4-7(9(5)19-8)11(13,14)15/h2-4H,1H3,(H,17,18). The van der Waals surface area contributed by atoms with Crippen LogP contribution in [-0.2, 0) is 6.18 Å². The lowest BCUT2D eigenvalue weighted by molar-refractivity contribution is -0.136. The van der Waals surface area contributed by atoms with Crippen molar-refractivity contribution in [2.75, 3.05) is 11.9 Å². The number of carboxylic acid groups (broad SMARTS) is 1. The number of halogens is 4. The molecule has 0 bridgehead atoms. The first-order valence-electron chi connectivity index (χ1n) is 4.97. The highest BCUT2D eigenvalue weighted by Crippen LogP contribution is 2.42. The van der Waals surface area contributed by atoms with Crippen molar-refractivity contribution in [2.24, 2.45) is 0 Å². The van der Waals surface area contributed by atoms with Gasteiger partial charge in [0.1, 0.15) is 5.00 Å². The van der Waals surface area contributed by atoms with Crippen molar-refractivity contribution in [1.29, 1.82) is 0 Å². The Kier molecular flexibility index (Phi) is 3.48. The second kappa shape index (κ2) is 4.68. The molecule has 1 aromatic carbocycles. The predicted molar refractivity (Wildman–Crippen MR) is 71.0 cm³/mol. The lowest BCUT2D eigenvalue weighted by Crippen LogP contribution is -2.22. The van der Waals surface area contributed by atoms with E-state index < -0.39 is 17.8 Å². The zero-order valence-corrected chi connectivity index (χ0v) is 11.9. The van der Waals surface area contributed by atoms with E-state index in [9.17, 15) is 18.0 Å². The summed E-state index contributed by atoms with van der Waals surface area (Å²) >= 11 is 3.83. The van der Waals surface area contributed by atoms with Crippen LogP contribution < -0.4 is 4.90 Å². The van der Waals surface area contributed by atoms with Gasteiger partial charge in [-0.2, -0.15) is 13.2 Å². The smallest absolute Gasteiger partial charge is 0.417 e. The van der Waals surface area contributed by atoms with E-state index in [2.05, 4.69) is 15.9 Å². The van der Waals surface area contributed by atoms with Gasteiger partial charge in [-0.3, -0.25) is 4.90 Å². The van der Waals surface area contributed by atoms with Gasteiger partial charge in [0.25, 0.3) is 0 Å². The molecule has 0 unspecified atom stereocenters. The Balaban J connectivity index is 2.68. The zero-order valence-electron chi connectivity index (χ0n) is 9.45. The number of hydrogen-bond acceptors (Lipinski definition) is 2. The van der Waals surface area contributed by atoms with Gasteiger partial charge in [-0.05, 0) is 23.6 Å². The van der Waals surface area contributed by atoms with Crippen LogP contribution in [0.2, 0.25) is 0 Å². The van der Waals surface area contributed by atoms with Crippen LogP contribution in [0.5, 0.6) is 0 Å². The molecule has 0 aliphatic carbocycles. The molecule has 0 aliphatic heterocycles. The number of amides is 1. The number of alkyl halides is 3. The van der Waals surface area contributed by atoms with E-state index in [0.29, 0.717) is 9.86 Å². The summed E-state index contributed by atoms with van der Waals surface area (Å²) in [4.78, 5) is 11.7. The maximum Gasteiger partial charge on any atom is 0.417 e. The Hall–Kier alpha value is -1.28. The highest BCUT2D eigenvalue weighted by molar-refractivity contribution is 9.10. The van der Waals surface area contributed by atoms with Crippen LogP contribution in [0.3, 0.4) is 0 Å². The molecule has 0 saturated carbocycles. The fraction of sp³-hybridized carbons (Fsp3) is 0.182. The Morgan fingerprint density at radius 1 is 1.37 bits per heavy atom. The second-order valence-electron chi connectivity index (χ2n) is 3.80. The Morgan fingerprint density at radius 3 is 2.53 bits per heavy atom. The normalized spacial score (nSPS) is 11.8. The van der Waals surface area contributed by atoms with Gasteiger partial charge in [0, 0.05) is 16.2 Å². The van der Waals surface area contributed by atoms with Crippen molar-refractivity contribution >= 4 is 48.4 Å². The summed E-state index contributed by atoms with van der Waals surface area (Å²) in [5, 5.41) is 9.44. The first-order valence-corrected chi connectivity index (χ1v) is 6.58. The first-order chi connectivity index (χ1) is 8.70. The highest BCUT2D eigenvalue weighted by Gasteiger charge is 2.34. The van der Waals surface area contributed by atoms with Crippen molar-refractivity contribution in [3.05, 3.63) is 28.2 Å². The number of nitrogens with zero attached hydrogens (tertiary/aromatic N) is 1. The summed E-state index contributed by atoms with van der Waals surface area (Å²) in [7, 11) is 1.29. The third-order valence-electron chi connectivity index (χ3n) is 2.49. The molecule has 19 heavy (non-hydrogen) atoms. The Labute approximate surface area is 118 Å². The van der Waals surface area contributed by atoms with E-state index in [4.69, 9.17) is 5.11 Å². The molecule has 1 amide bonds. The maximum atomic E-state index is 12.9. The Bertz CT molecular complexity index is 653. The lowest BCUT2D eigenvalue weighted by atomic mass is 10.1. The molecule has 0 atom stereocenters. The first kappa shape index (κ1) is 14.1. The second-order valence-corrected chi connectivity index (χ2v) is 5.74. The number of thiophene rings is 1. The van der Waals surface area contributed by atoms with Crippen LogP contribution in [0, 0.1) is 0 Å². The molecule has 1 aromatic heterocycles. The van der Waals surface area contributed by atoms with Crippen LogP contribution in [0.25, 0.3) is 10.1 Å². The van der Waals surface area contributed by atoms with E-state index in [1.165, 1.54) is 19.2 Å². The summed E-state index contributed by atoms with van der Waals surface area (Å²) in [5.74, 6) is 0. The monoisotopic (exact) mass is 353 g/mol. The van der Waals surface area contributed by atoms with Crippen molar-refractivity contribution in [3.8, 4) is 0 Å². The number of hydrogen-bond donors (Lipinski definition) is 1. The fourth-order valence-corrected chi connectivity index (χ4v) is 3.18. The SMILES string of the molecule is CN(C(=O)O)c1cc2cc(Br)cc(C(F)(F)F)c2s1. The van der Waals surface area contributed by atoms with Crippen molar-refractivity contribution in [2.45, 2.75) is 6.18 Å². The molecule has 2 rings (SSSR count). The van der Waals surface area contributed by atoms with Crippen LogP contribution in [0.1, 0.15) is 5.56 Å². The van der Waals surface area contributed by atoms with E-state index in [1.807, 2.05) is 0 Å². The molecule has 8 heteroatoms. The van der Waals surface area contributed by atoms with E-state index in [-0.39, 0.29) is 9.70 Å². The number of carbonyl (C=O) groups is 1.